The molecule has 0 radical (unpaired) electrons. The molecule has 0 saturated heterocycles. The van der Waals surface area contributed by atoms with E-state index < -0.39 is 0 Å². The van der Waals surface area contributed by atoms with Crippen molar-refractivity contribution in [3.63, 3.8) is 0 Å². The molecule has 0 spiro atoms. The second-order valence-electron chi connectivity index (χ2n) is 5.72. The topological polar surface area (TPSA) is 38.1 Å². The molecule has 0 bridgehead atoms. The van der Waals surface area contributed by atoms with E-state index in [0.717, 1.165) is 35.3 Å². The minimum absolute atomic E-state index is 0.285. The SMILES string of the molecule is Cc1cc(O)cc(-c2nn(CCc3ccccc3)cc2C)c1. The van der Waals surface area contributed by atoms with Crippen LogP contribution in [0.25, 0.3) is 11.3 Å². The summed E-state index contributed by atoms with van der Waals surface area (Å²) >= 11 is 0. The normalized spacial score (nSPS) is 10.8. The Bertz CT molecular complexity index is 755. The summed E-state index contributed by atoms with van der Waals surface area (Å²) in [5.41, 5.74) is 5.37. The fraction of sp³-hybridized carbons (Fsp3) is 0.211. The van der Waals surface area contributed by atoms with Crippen LogP contribution in [-0.2, 0) is 13.0 Å². The molecule has 112 valence electrons. The predicted octanol–water partition coefficient (Wildman–Crippen LogP) is 4.12. The van der Waals surface area contributed by atoms with Crippen molar-refractivity contribution in [3.8, 4) is 17.0 Å². The van der Waals surface area contributed by atoms with Crippen LogP contribution in [0.4, 0.5) is 0 Å². The van der Waals surface area contributed by atoms with E-state index in [4.69, 9.17) is 0 Å². The summed E-state index contributed by atoms with van der Waals surface area (Å²) in [7, 11) is 0. The molecule has 0 unspecified atom stereocenters. The van der Waals surface area contributed by atoms with Crippen LogP contribution in [0.3, 0.4) is 0 Å². The minimum atomic E-state index is 0.285. The Morgan fingerprint density at radius 2 is 1.82 bits per heavy atom. The van der Waals surface area contributed by atoms with Crippen molar-refractivity contribution < 1.29 is 5.11 Å². The van der Waals surface area contributed by atoms with Crippen LogP contribution in [0.15, 0.2) is 54.7 Å². The summed E-state index contributed by atoms with van der Waals surface area (Å²) in [4.78, 5) is 0. The summed E-state index contributed by atoms with van der Waals surface area (Å²) in [6.45, 7) is 4.88. The molecule has 0 fully saturated rings. The summed E-state index contributed by atoms with van der Waals surface area (Å²) in [6, 6.07) is 16.0. The molecule has 0 amide bonds. The van der Waals surface area contributed by atoms with Gasteiger partial charge in [-0.2, -0.15) is 5.10 Å². The molecule has 0 aliphatic heterocycles. The average Bonchev–Trinajstić information content (AvgIpc) is 2.86. The van der Waals surface area contributed by atoms with Gasteiger partial charge in [-0.05, 0) is 55.2 Å². The number of benzene rings is 2. The number of aromatic nitrogens is 2. The van der Waals surface area contributed by atoms with E-state index in [1.807, 2.05) is 17.7 Å². The highest BCUT2D eigenvalue weighted by atomic mass is 16.3. The van der Waals surface area contributed by atoms with Crippen molar-refractivity contribution in [1.82, 2.24) is 9.78 Å². The van der Waals surface area contributed by atoms with Gasteiger partial charge in [0.15, 0.2) is 0 Å². The second kappa shape index (κ2) is 6.06. The average molecular weight is 292 g/mol. The maximum absolute atomic E-state index is 9.77. The molecule has 2 aromatic carbocycles. The molecular weight excluding hydrogens is 272 g/mol. The fourth-order valence-electron chi connectivity index (χ4n) is 2.71. The Morgan fingerprint density at radius 1 is 1.05 bits per heavy atom. The van der Waals surface area contributed by atoms with Crippen LogP contribution in [-0.4, -0.2) is 14.9 Å². The lowest BCUT2D eigenvalue weighted by Crippen LogP contribution is -2.02. The van der Waals surface area contributed by atoms with Gasteiger partial charge in [-0.3, -0.25) is 4.68 Å². The third-order valence-corrected chi connectivity index (χ3v) is 3.75. The van der Waals surface area contributed by atoms with Gasteiger partial charge in [0.2, 0.25) is 0 Å². The molecule has 3 rings (SSSR count). The van der Waals surface area contributed by atoms with Gasteiger partial charge in [0, 0.05) is 18.3 Å². The summed E-state index contributed by atoms with van der Waals surface area (Å²) in [6.07, 6.45) is 3.03. The molecule has 1 aromatic heterocycles. The fourth-order valence-corrected chi connectivity index (χ4v) is 2.71. The molecule has 0 aliphatic carbocycles. The van der Waals surface area contributed by atoms with Crippen molar-refractivity contribution in [2.45, 2.75) is 26.8 Å². The first kappa shape index (κ1) is 14.4. The van der Waals surface area contributed by atoms with Crippen molar-refractivity contribution in [2.75, 3.05) is 0 Å². The zero-order valence-corrected chi connectivity index (χ0v) is 13.0. The van der Waals surface area contributed by atoms with Gasteiger partial charge in [-0.15, -0.1) is 0 Å². The Balaban J connectivity index is 1.81. The lowest BCUT2D eigenvalue weighted by molar-refractivity contribution is 0.475. The van der Waals surface area contributed by atoms with Gasteiger partial charge in [-0.25, -0.2) is 0 Å². The molecule has 3 aromatic rings. The first-order valence-corrected chi connectivity index (χ1v) is 7.51. The molecule has 0 aliphatic rings. The Morgan fingerprint density at radius 3 is 2.55 bits per heavy atom. The maximum Gasteiger partial charge on any atom is 0.116 e. The van der Waals surface area contributed by atoms with Crippen LogP contribution in [0.1, 0.15) is 16.7 Å². The smallest absolute Gasteiger partial charge is 0.116 e. The van der Waals surface area contributed by atoms with Gasteiger partial charge < -0.3 is 5.11 Å². The molecule has 0 atom stereocenters. The van der Waals surface area contributed by atoms with Gasteiger partial charge in [0.05, 0.1) is 5.69 Å². The van der Waals surface area contributed by atoms with Crippen LogP contribution in [0.2, 0.25) is 0 Å². The van der Waals surface area contributed by atoms with Gasteiger partial charge in [0.25, 0.3) is 0 Å². The first-order chi connectivity index (χ1) is 10.6. The summed E-state index contributed by atoms with van der Waals surface area (Å²) < 4.78 is 1.98. The number of hydrogen-bond acceptors (Lipinski definition) is 2. The number of phenols is 1. The second-order valence-corrected chi connectivity index (χ2v) is 5.72. The number of nitrogens with zero attached hydrogens (tertiary/aromatic N) is 2. The maximum atomic E-state index is 9.77. The minimum Gasteiger partial charge on any atom is -0.508 e. The standard InChI is InChI=1S/C19H20N2O/c1-14-10-17(12-18(22)11-14)19-15(2)13-21(20-19)9-8-16-6-4-3-5-7-16/h3-7,10-13,22H,8-9H2,1-2H3. The monoisotopic (exact) mass is 292 g/mol. The predicted molar refractivity (Wildman–Crippen MR) is 88.9 cm³/mol. The van der Waals surface area contributed by atoms with Gasteiger partial charge in [-0.1, -0.05) is 30.3 Å². The third kappa shape index (κ3) is 3.19. The van der Waals surface area contributed by atoms with Crippen molar-refractivity contribution in [2.24, 2.45) is 0 Å². The van der Waals surface area contributed by atoms with E-state index >= 15 is 0 Å². The number of phenolic OH excluding ortho intramolecular Hbond substituents is 1. The highest BCUT2D eigenvalue weighted by molar-refractivity contribution is 5.65. The number of rotatable bonds is 4. The first-order valence-electron chi connectivity index (χ1n) is 7.51. The van der Waals surface area contributed by atoms with E-state index in [9.17, 15) is 5.11 Å². The molecular formula is C19H20N2O. The zero-order valence-electron chi connectivity index (χ0n) is 13.0. The highest BCUT2D eigenvalue weighted by Crippen LogP contribution is 2.26. The molecule has 1 N–H and O–H groups in total. The molecule has 0 saturated carbocycles. The lowest BCUT2D eigenvalue weighted by atomic mass is 10.1. The van der Waals surface area contributed by atoms with Crippen LogP contribution >= 0.6 is 0 Å². The van der Waals surface area contributed by atoms with E-state index in [1.165, 1.54) is 5.56 Å². The Hall–Kier alpha value is -2.55. The quantitative estimate of drug-likeness (QED) is 0.785. The molecule has 3 nitrogen and oxygen atoms in total. The van der Waals surface area contributed by atoms with E-state index in [0.29, 0.717) is 0 Å². The van der Waals surface area contributed by atoms with Gasteiger partial charge >= 0.3 is 0 Å². The van der Waals surface area contributed by atoms with E-state index in [1.54, 1.807) is 12.1 Å². The molecule has 3 heteroatoms. The van der Waals surface area contributed by atoms with Crippen molar-refractivity contribution in [3.05, 3.63) is 71.4 Å². The Labute approximate surface area is 130 Å². The van der Waals surface area contributed by atoms with Crippen molar-refractivity contribution >= 4 is 0 Å². The van der Waals surface area contributed by atoms with E-state index in [-0.39, 0.29) is 5.75 Å². The Kier molecular flexibility index (Phi) is 3.96. The molecule has 22 heavy (non-hydrogen) atoms. The largest absolute Gasteiger partial charge is 0.508 e. The van der Waals surface area contributed by atoms with Crippen LogP contribution in [0.5, 0.6) is 5.75 Å². The zero-order chi connectivity index (χ0) is 15.5. The third-order valence-electron chi connectivity index (χ3n) is 3.75. The lowest BCUT2D eigenvalue weighted by Gasteiger charge is -2.03. The summed E-state index contributed by atoms with van der Waals surface area (Å²) in [5, 5.41) is 14.5. The van der Waals surface area contributed by atoms with Gasteiger partial charge in [0.1, 0.15) is 5.75 Å². The van der Waals surface area contributed by atoms with Crippen molar-refractivity contribution in [1.29, 1.82) is 0 Å². The number of aromatic hydroxyl groups is 1. The van der Waals surface area contributed by atoms with Crippen LogP contribution in [0, 0.1) is 13.8 Å². The van der Waals surface area contributed by atoms with Crippen LogP contribution < -0.4 is 0 Å². The number of aryl methyl sites for hydroxylation is 4. The molecule has 1 heterocycles. The number of hydrogen-bond donors (Lipinski definition) is 1. The van der Waals surface area contributed by atoms with E-state index in [2.05, 4.69) is 48.6 Å². The highest BCUT2D eigenvalue weighted by Gasteiger charge is 2.09. The summed E-state index contributed by atoms with van der Waals surface area (Å²) in [5.74, 6) is 0.285.